The number of hydrogen-bond acceptors (Lipinski definition) is 3. The standard InChI is InChI=1S/C22H31N3O2/c1-16(26)23-13-21-9-8-20(25(21)14-17-6-7-17)12-22(27)24-11-10-18-4-2-3-5-19(18)15-24/h2-5,17,20-21H,6-15H2,1H3,(H,23,26)/t20-,21+/m0/s1. The quantitative estimate of drug-likeness (QED) is 0.837. The fourth-order valence-electron chi connectivity index (χ4n) is 4.65. The second kappa shape index (κ2) is 8.01. The van der Waals surface area contributed by atoms with E-state index in [-0.39, 0.29) is 11.8 Å². The number of benzene rings is 1. The molecule has 1 saturated carbocycles. The summed E-state index contributed by atoms with van der Waals surface area (Å²) in [5, 5.41) is 2.98. The lowest BCUT2D eigenvalue weighted by atomic mass is 9.99. The number of carbonyl (C=O) groups is 2. The van der Waals surface area contributed by atoms with Crippen LogP contribution in [0.4, 0.5) is 0 Å². The molecule has 2 fully saturated rings. The first-order valence-electron chi connectivity index (χ1n) is 10.4. The van der Waals surface area contributed by atoms with Crippen LogP contribution in [0, 0.1) is 5.92 Å². The van der Waals surface area contributed by atoms with Gasteiger partial charge in [0.1, 0.15) is 0 Å². The Labute approximate surface area is 162 Å². The van der Waals surface area contributed by atoms with E-state index in [0.717, 1.165) is 44.8 Å². The zero-order chi connectivity index (χ0) is 18.8. The average molecular weight is 370 g/mol. The Morgan fingerprint density at radius 3 is 2.56 bits per heavy atom. The maximum absolute atomic E-state index is 13.0. The molecule has 0 aromatic heterocycles. The van der Waals surface area contributed by atoms with E-state index in [9.17, 15) is 9.59 Å². The second-order valence-electron chi connectivity index (χ2n) is 8.50. The highest BCUT2D eigenvalue weighted by atomic mass is 16.2. The first-order valence-corrected chi connectivity index (χ1v) is 10.4. The number of likely N-dealkylation sites (tertiary alicyclic amines) is 1. The molecule has 0 radical (unpaired) electrons. The van der Waals surface area contributed by atoms with Crippen molar-refractivity contribution in [2.75, 3.05) is 19.6 Å². The molecular formula is C22H31N3O2. The van der Waals surface area contributed by atoms with Crippen molar-refractivity contribution in [2.24, 2.45) is 5.92 Å². The van der Waals surface area contributed by atoms with E-state index in [1.165, 1.54) is 24.0 Å². The molecule has 2 amide bonds. The molecule has 5 heteroatoms. The summed E-state index contributed by atoms with van der Waals surface area (Å²) in [6.07, 6.45) is 6.34. The molecular weight excluding hydrogens is 338 g/mol. The molecule has 4 rings (SSSR count). The molecule has 27 heavy (non-hydrogen) atoms. The van der Waals surface area contributed by atoms with Gasteiger partial charge in [0, 0.05) is 51.6 Å². The minimum atomic E-state index is 0.0351. The van der Waals surface area contributed by atoms with Crippen LogP contribution >= 0.6 is 0 Å². The van der Waals surface area contributed by atoms with Crippen LogP contribution in [0.2, 0.25) is 0 Å². The molecule has 1 aliphatic carbocycles. The predicted octanol–water partition coefficient (Wildman–Crippen LogP) is 2.34. The molecule has 1 aromatic rings. The molecule has 3 aliphatic rings. The number of fused-ring (bicyclic) bond motifs is 1. The van der Waals surface area contributed by atoms with Crippen LogP contribution in [0.1, 0.15) is 50.2 Å². The number of hydrogen-bond donors (Lipinski definition) is 1. The van der Waals surface area contributed by atoms with Crippen molar-refractivity contribution in [3.05, 3.63) is 35.4 Å². The second-order valence-corrected chi connectivity index (χ2v) is 8.50. The highest BCUT2D eigenvalue weighted by molar-refractivity contribution is 5.77. The summed E-state index contributed by atoms with van der Waals surface area (Å²) in [5.74, 6) is 1.12. The fraction of sp³-hybridized carbons (Fsp3) is 0.636. The van der Waals surface area contributed by atoms with Crippen molar-refractivity contribution in [3.63, 3.8) is 0 Å². The molecule has 0 unspecified atom stereocenters. The molecule has 1 saturated heterocycles. The number of nitrogens with zero attached hydrogens (tertiary/aromatic N) is 2. The molecule has 2 heterocycles. The normalized spacial score (nSPS) is 25.3. The molecule has 2 atom stereocenters. The number of rotatable bonds is 6. The van der Waals surface area contributed by atoms with Crippen LogP contribution in [0.5, 0.6) is 0 Å². The summed E-state index contributed by atoms with van der Waals surface area (Å²) in [4.78, 5) is 28.9. The zero-order valence-electron chi connectivity index (χ0n) is 16.3. The van der Waals surface area contributed by atoms with Gasteiger partial charge < -0.3 is 10.2 Å². The van der Waals surface area contributed by atoms with E-state index in [1.54, 1.807) is 6.92 Å². The van der Waals surface area contributed by atoms with Gasteiger partial charge in [0.25, 0.3) is 0 Å². The molecule has 5 nitrogen and oxygen atoms in total. The number of amides is 2. The third-order valence-electron chi connectivity index (χ3n) is 6.42. The third kappa shape index (κ3) is 4.52. The maximum atomic E-state index is 13.0. The van der Waals surface area contributed by atoms with Gasteiger partial charge in [0.2, 0.25) is 11.8 Å². The maximum Gasteiger partial charge on any atom is 0.224 e. The summed E-state index contributed by atoms with van der Waals surface area (Å²) in [7, 11) is 0. The Balaban J connectivity index is 1.37. The summed E-state index contributed by atoms with van der Waals surface area (Å²) in [6.45, 7) is 4.96. The Morgan fingerprint density at radius 2 is 1.81 bits per heavy atom. The summed E-state index contributed by atoms with van der Waals surface area (Å²) in [5.41, 5.74) is 2.68. The van der Waals surface area contributed by atoms with E-state index in [4.69, 9.17) is 0 Å². The average Bonchev–Trinajstić information content (AvgIpc) is 3.41. The van der Waals surface area contributed by atoms with E-state index >= 15 is 0 Å². The number of nitrogens with one attached hydrogen (secondary N) is 1. The van der Waals surface area contributed by atoms with Gasteiger partial charge in [-0.3, -0.25) is 14.5 Å². The van der Waals surface area contributed by atoms with Crippen LogP contribution in [0.25, 0.3) is 0 Å². The minimum absolute atomic E-state index is 0.0351. The highest BCUT2D eigenvalue weighted by Crippen LogP contribution is 2.35. The third-order valence-corrected chi connectivity index (χ3v) is 6.42. The van der Waals surface area contributed by atoms with Crippen molar-refractivity contribution in [2.45, 2.75) is 64.1 Å². The van der Waals surface area contributed by atoms with Gasteiger partial charge in [-0.15, -0.1) is 0 Å². The lowest BCUT2D eigenvalue weighted by Gasteiger charge is -2.33. The molecule has 146 valence electrons. The largest absolute Gasteiger partial charge is 0.355 e. The molecule has 1 N–H and O–H groups in total. The van der Waals surface area contributed by atoms with Crippen molar-refractivity contribution in [3.8, 4) is 0 Å². The lowest BCUT2D eigenvalue weighted by Crippen LogP contribution is -2.46. The van der Waals surface area contributed by atoms with Gasteiger partial charge >= 0.3 is 0 Å². The van der Waals surface area contributed by atoms with Gasteiger partial charge in [-0.2, -0.15) is 0 Å². The van der Waals surface area contributed by atoms with Crippen molar-refractivity contribution in [1.82, 2.24) is 15.1 Å². The smallest absolute Gasteiger partial charge is 0.224 e. The van der Waals surface area contributed by atoms with Crippen LogP contribution in [-0.4, -0.2) is 53.3 Å². The lowest BCUT2D eigenvalue weighted by molar-refractivity contribution is -0.133. The molecule has 2 aliphatic heterocycles. The van der Waals surface area contributed by atoms with E-state index in [0.29, 0.717) is 25.0 Å². The van der Waals surface area contributed by atoms with Crippen LogP contribution in [0.15, 0.2) is 24.3 Å². The Hall–Kier alpha value is -1.88. The van der Waals surface area contributed by atoms with Crippen LogP contribution in [0.3, 0.4) is 0 Å². The van der Waals surface area contributed by atoms with Gasteiger partial charge in [-0.05, 0) is 49.1 Å². The fourth-order valence-corrected chi connectivity index (χ4v) is 4.65. The van der Waals surface area contributed by atoms with Crippen molar-refractivity contribution in [1.29, 1.82) is 0 Å². The summed E-state index contributed by atoms with van der Waals surface area (Å²) >= 11 is 0. The highest BCUT2D eigenvalue weighted by Gasteiger charge is 2.38. The molecule has 0 spiro atoms. The summed E-state index contributed by atoms with van der Waals surface area (Å²) in [6, 6.07) is 9.18. The monoisotopic (exact) mass is 369 g/mol. The van der Waals surface area contributed by atoms with E-state index in [1.807, 2.05) is 4.90 Å². The van der Waals surface area contributed by atoms with Crippen molar-refractivity contribution >= 4 is 11.8 Å². The minimum Gasteiger partial charge on any atom is -0.355 e. The topological polar surface area (TPSA) is 52.7 Å². The van der Waals surface area contributed by atoms with Crippen LogP contribution < -0.4 is 5.32 Å². The van der Waals surface area contributed by atoms with E-state index in [2.05, 4.69) is 34.5 Å². The first kappa shape index (κ1) is 18.5. The van der Waals surface area contributed by atoms with Gasteiger partial charge in [-0.1, -0.05) is 24.3 Å². The van der Waals surface area contributed by atoms with Gasteiger partial charge in [-0.25, -0.2) is 0 Å². The van der Waals surface area contributed by atoms with Gasteiger partial charge in [0.05, 0.1) is 0 Å². The SMILES string of the molecule is CC(=O)NC[C@H]1CC[C@@H](CC(=O)N2CCc3ccccc3C2)N1CC1CC1. The number of carbonyl (C=O) groups excluding carboxylic acids is 2. The zero-order valence-corrected chi connectivity index (χ0v) is 16.3. The van der Waals surface area contributed by atoms with Gasteiger partial charge in [0.15, 0.2) is 0 Å². The Morgan fingerprint density at radius 1 is 1.07 bits per heavy atom. The first-order chi connectivity index (χ1) is 13.1. The molecule has 0 bridgehead atoms. The summed E-state index contributed by atoms with van der Waals surface area (Å²) < 4.78 is 0. The predicted molar refractivity (Wildman–Crippen MR) is 105 cm³/mol. The van der Waals surface area contributed by atoms with Crippen LogP contribution in [-0.2, 0) is 22.6 Å². The Bertz CT molecular complexity index is 701. The van der Waals surface area contributed by atoms with Crippen molar-refractivity contribution < 1.29 is 9.59 Å². The van der Waals surface area contributed by atoms with E-state index < -0.39 is 0 Å². The Kier molecular flexibility index (Phi) is 5.48. The molecule has 1 aromatic carbocycles.